The van der Waals surface area contributed by atoms with Crippen LogP contribution in [0.1, 0.15) is 26.2 Å². The predicted octanol–water partition coefficient (Wildman–Crippen LogP) is 2.46. The molecule has 1 aliphatic heterocycles. The van der Waals surface area contributed by atoms with Crippen LogP contribution >= 0.6 is 0 Å². The third kappa shape index (κ3) is 2.96. The fraction of sp³-hybridized carbons (Fsp3) is 0.600. The molecule has 3 heteroatoms. The zero-order chi connectivity index (χ0) is 13.0. The number of hydrogen-bond donors (Lipinski definition) is 1. The maximum absolute atomic E-state index is 6.11. The van der Waals surface area contributed by atoms with E-state index in [-0.39, 0.29) is 0 Å². The van der Waals surface area contributed by atoms with E-state index in [4.69, 9.17) is 5.73 Å². The van der Waals surface area contributed by atoms with E-state index in [1.807, 2.05) is 0 Å². The summed E-state index contributed by atoms with van der Waals surface area (Å²) in [5.74, 6) is 0. The van der Waals surface area contributed by atoms with Gasteiger partial charge >= 0.3 is 0 Å². The molecule has 0 aromatic heterocycles. The molecule has 2 N–H and O–H groups in total. The minimum Gasteiger partial charge on any atom is -0.371 e. The molecule has 1 aromatic carbocycles. The first-order valence-electron chi connectivity index (χ1n) is 7.03. The average molecular weight is 247 g/mol. The number of nitrogens with zero attached hydrogens (tertiary/aromatic N) is 2. The van der Waals surface area contributed by atoms with Crippen LogP contribution in [0, 0.1) is 0 Å². The van der Waals surface area contributed by atoms with Crippen LogP contribution in [-0.4, -0.2) is 32.7 Å². The Morgan fingerprint density at radius 3 is 2.61 bits per heavy atom. The Labute approximate surface area is 111 Å². The third-order valence-electron chi connectivity index (χ3n) is 3.77. The van der Waals surface area contributed by atoms with Gasteiger partial charge in [0.25, 0.3) is 0 Å². The standard InChI is InChI=1S/C15H25N3/c1-3-6-13(16)9-10-18-12-11-17(2)14-7-4-5-8-15(14)18/h4-5,7-8,13H,3,6,9-12,16H2,1-2H3. The first-order chi connectivity index (χ1) is 8.72. The van der Waals surface area contributed by atoms with Gasteiger partial charge in [-0.2, -0.15) is 0 Å². The van der Waals surface area contributed by atoms with Gasteiger partial charge < -0.3 is 15.5 Å². The second-order valence-corrected chi connectivity index (χ2v) is 5.23. The normalized spacial score (nSPS) is 16.6. The lowest BCUT2D eigenvalue weighted by atomic mass is 10.1. The highest BCUT2D eigenvalue weighted by Crippen LogP contribution is 2.31. The lowest BCUT2D eigenvalue weighted by Gasteiger charge is -2.37. The number of para-hydroxylation sites is 2. The van der Waals surface area contributed by atoms with Gasteiger partial charge in [0, 0.05) is 32.7 Å². The van der Waals surface area contributed by atoms with Gasteiger partial charge in [-0.25, -0.2) is 0 Å². The number of benzene rings is 1. The predicted molar refractivity (Wildman–Crippen MR) is 79.4 cm³/mol. The van der Waals surface area contributed by atoms with Crippen LogP contribution in [0.25, 0.3) is 0 Å². The van der Waals surface area contributed by atoms with Gasteiger partial charge in [-0.15, -0.1) is 0 Å². The number of rotatable bonds is 5. The summed E-state index contributed by atoms with van der Waals surface area (Å²) in [7, 11) is 2.17. The summed E-state index contributed by atoms with van der Waals surface area (Å²) < 4.78 is 0. The van der Waals surface area contributed by atoms with Crippen molar-refractivity contribution in [2.45, 2.75) is 32.2 Å². The van der Waals surface area contributed by atoms with Crippen molar-refractivity contribution >= 4 is 11.4 Å². The van der Waals surface area contributed by atoms with E-state index in [1.165, 1.54) is 17.8 Å². The molecule has 1 aromatic rings. The Morgan fingerprint density at radius 1 is 1.17 bits per heavy atom. The van der Waals surface area contributed by atoms with Gasteiger partial charge in [0.05, 0.1) is 11.4 Å². The molecule has 0 saturated carbocycles. The highest BCUT2D eigenvalue weighted by Gasteiger charge is 2.19. The number of hydrogen-bond acceptors (Lipinski definition) is 3. The van der Waals surface area contributed by atoms with Crippen LogP contribution < -0.4 is 15.5 Å². The van der Waals surface area contributed by atoms with Crippen LogP contribution in [0.3, 0.4) is 0 Å². The number of likely N-dealkylation sites (N-methyl/N-ethyl adjacent to an activating group) is 1. The Morgan fingerprint density at radius 2 is 1.89 bits per heavy atom. The molecule has 0 saturated heterocycles. The van der Waals surface area contributed by atoms with Crippen LogP contribution in [0.5, 0.6) is 0 Å². The molecule has 3 nitrogen and oxygen atoms in total. The van der Waals surface area contributed by atoms with Crippen LogP contribution in [-0.2, 0) is 0 Å². The molecule has 0 fully saturated rings. The van der Waals surface area contributed by atoms with E-state index in [9.17, 15) is 0 Å². The monoisotopic (exact) mass is 247 g/mol. The summed E-state index contributed by atoms with van der Waals surface area (Å²) >= 11 is 0. The smallest absolute Gasteiger partial charge is 0.0604 e. The van der Waals surface area contributed by atoms with Crippen molar-refractivity contribution in [3.63, 3.8) is 0 Å². The molecule has 1 unspecified atom stereocenters. The molecule has 0 bridgehead atoms. The molecule has 0 amide bonds. The van der Waals surface area contributed by atoms with Crippen molar-refractivity contribution in [1.29, 1.82) is 0 Å². The minimum atomic E-state index is 0.349. The average Bonchev–Trinajstić information content (AvgIpc) is 2.39. The maximum Gasteiger partial charge on any atom is 0.0604 e. The van der Waals surface area contributed by atoms with E-state index < -0.39 is 0 Å². The third-order valence-corrected chi connectivity index (χ3v) is 3.77. The Balaban J connectivity index is 2.00. The van der Waals surface area contributed by atoms with Crippen molar-refractivity contribution in [1.82, 2.24) is 0 Å². The second kappa shape index (κ2) is 6.10. The number of fused-ring (bicyclic) bond motifs is 1. The molecule has 1 atom stereocenters. The van der Waals surface area contributed by atoms with Crippen molar-refractivity contribution in [3.05, 3.63) is 24.3 Å². The van der Waals surface area contributed by atoms with Crippen molar-refractivity contribution in [2.75, 3.05) is 36.5 Å². The molecule has 18 heavy (non-hydrogen) atoms. The SMILES string of the molecule is CCCC(N)CCN1CCN(C)c2ccccc21. The van der Waals surface area contributed by atoms with Gasteiger partial charge in [0.2, 0.25) is 0 Å². The molecular formula is C15H25N3. The maximum atomic E-state index is 6.11. The highest BCUT2D eigenvalue weighted by molar-refractivity contribution is 5.72. The lowest BCUT2D eigenvalue weighted by molar-refractivity contribution is 0.550. The second-order valence-electron chi connectivity index (χ2n) is 5.23. The van der Waals surface area contributed by atoms with Crippen LogP contribution in [0.2, 0.25) is 0 Å². The summed E-state index contributed by atoms with van der Waals surface area (Å²) in [5, 5.41) is 0. The molecule has 2 rings (SSSR count). The molecule has 0 aliphatic carbocycles. The van der Waals surface area contributed by atoms with Gasteiger partial charge in [-0.1, -0.05) is 25.5 Å². The van der Waals surface area contributed by atoms with E-state index in [2.05, 4.69) is 48.0 Å². The Bertz CT molecular complexity index is 378. The van der Waals surface area contributed by atoms with E-state index >= 15 is 0 Å². The fourth-order valence-electron chi connectivity index (χ4n) is 2.64. The molecule has 100 valence electrons. The molecule has 1 aliphatic rings. The van der Waals surface area contributed by atoms with Crippen molar-refractivity contribution in [2.24, 2.45) is 5.73 Å². The van der Waals surface area contributed by atoms with Gasteiger partial charge in [-0.05, 0) is 25.0 Å². The van der Waals surface area contributed by atoms with E-state index in [0.717, 1.165) is 32.5 Å². The lowest BCUT2D eigenvalue weighted by Crippen LogP contribution is -2.41. The minimum absolute atomic E-state index is 0.349. The summed E-state index contributed by atoms with van der Waals surface area (Å²) in [4.78, 5) is 4.81. The largest absolute Gasteiger partial charge is 0.371 e. The van der Waals surface area contributed by atoms with Gasteiger partial charge in [0.1, 0.15) is 0 Å². The summed E-state index contributed by atoms with van der Waals surface area (Å²) in [5.41, 5.74) is 8.81. The highest BCUT2D eigenvalue weighted by atomic mass is 15.2. The molecule has 0 spiro atoms. The van der Waals surface area contributed by atoms with E-state index in [0.29, 0.717) is 6.04 Å². The fourth-order valence-corrected chi connectivity index (χ4v) is 2.64. The summed E-state index contributed by atoms with van der Waals surface area (Å²) in [6.07, 6.45) is 3.40. The number of nitrogens with two attached hydrogens (primary N) is 1. The Hall–Kier alpha value is -1.22. The zero-order valence-corrected chi connectivity index (χ0v) is 11.6. The van der Waals surface area contributed by atoms with Crippen molar-refractivity contribution in [3.8, 4) is 0 Å². The van der Waals surface area contributed by atoms with Crippen LogP contribution in [0.4, 0.5) is 11.4 Å². The van der Waals surface area contributed by atoms with Gasteiger partial charge in [0.15, 0.2) is 0 Å². The first-order valence-corrected chi connectivity index (χ1v) is 7.03. The zero-order valence-electron chi connectivity index (χ0n) is 11.6. The van der Waals surface area contributed by atoms with Crippen molar-refractivity contribution < 1.29 is 0 Å². The molecule has 1 heterocycles. The number of anilines is 2. The quantitative estimate of drug-likeness (QED) is 0.867. The van der Waals surface area contributed by atoms with E-state index in [1.54, 1.807) is 0 Å². The summed E-state index contributed by atoms with van der Waals surface area (Å²) in [6.45, 7) is 5.48. The molecule has 0 radical (unpaired) electrons. The van der Waals surface area contributed by atoms with Gasteiger partial charge in [-0.3, -0.25) is 0 Å². The van der Waals surface area contributed by atoms with Crippen LogP contribution in [0.15, 0.2) is 24.3 Å². The topological polar surface area (TPSA) is 32.5 Å². The first kappa shape index (κ1) is 13.2. The molecular weight excluding hydrogens is 222 g/mol. The summed E-state index contributed by atoms with van der Waals surface area (Å²) in [6, 6.07) is 9.00. The Kier molecular flexibility index (Phi) is 4.48.